The van der Waals surface area contributed by atoms with Gasteiger partial charge in [0.2, 0.25) is 5.91 Å². The van der Waals surface area contributed by atoms with Gasteiger partial charge in [-0.2, -0.15) is 0 Å². The summed E-state index contributed by atoms with van der Waals surface area (Å²) < 4.78 is 0. The van der Waals surface area contributed by atoms with Crippen LogP contribution in [0, 0.1) is 0 Å². The summed E-state index contributed by atoms with van der Waals surface area (Å²) >= 11 is 12.2. The van der Waals surface area contributed by atoms with Crippen LogP contribution in [0.4, 0.5) is 5.69 Å². The van der Waals surface area contributed by atoms with Gasteiger partial charge >= 0.3 is 5.97 Å². The van der Waals surface area contributed by atoms with Gasteiger partial charge in [0.25, 0.3) is 0 Å². The zero-order chi connectivity index (χ0) is 20.5. The highest BCUT2D eigenvalue weighted by atomic mass is 35.5. The Labute approximate surface area is 171 Å². The van der Waals surface area contributed by atoms with E-state index in [2.05, 4.69) is 0 Å². The van der Waals surface area contributed by atoms with Crippen molar-refractivity contribution < 1.29 is 24.9 Å². The van der Waals surface area contributed by atoms with Gasteiger partial charge in [0.1, 0.15) is 5.41 Å². The Morgan fingerprint density at radius 1 is 1.14 bits per heavy atom. The highest BCUT2D eigenvalue weighted by Crippen LogP contribution is 2.45. The number of aliphatic hydroxyl groups is 2. The minimum Gasteiger partial charge on any atom is -0.478 e. The Hall–Kier alpha value is -2.38. The monoisotopic (exact) mass is 421 g/mol. The summed E-state index contributed by atoms with van der Waals surface area (Å²) in [5, 5.41) is 29.7. The number of carbonyl (C=O) groups is 2. The second kappa shape index (κ2) is 7.93. The van der Waals surface area contributed by atoms with Crippen LogP contribution in [0.1, 0.15) is 16.7 Å². The molecule has 3 rings (SSSR count). The van der Waals surface area contributed by atoms with E-state index < -0.39 is 30.5 Å². The van der Waals surface area contributed by atoms with E-state index in [1.165, 1.54) is 11.0 Å². The molecule has 0 aromatic heterocycles. The van der Waals surface area contributed by atoms with Crippen LogP contribution >= 0.6 is 23.2 Å². The Balaban J connectivity index is 2.17. The first-order valence-electron chi connectivity index (χ1n) is 8.36. The Morgan fingerprint density at radius 3 is 2.46 bits per heavy atom. The first-order chi connectivity index (χ1) is 13.3. The minimum absolute atomic E-state index is 0.0709. The molecule has 0 atom stereocenters. The lowest BCUT2D eigenvalue weighted by atomic mass is 9.82. The van der Waals surface area contributed by atoms with Gasteiger partial charge in [-0.05, 0) is 34.9 Å². The van der Waals surface area contributed by atoms with Gasteiger partial charge in [-0.1, -0.05) is 47.5 Å². The highest BCUT2D eigenvalue weighted by Gasteiger charge is 2.51. The summed E-state index contributed by atoms with van der Waals surface area (Å²) in [6.45, 7) is -1.11. The fraction of sp³-hybridized carbons (Fsp3) is 0.200. The number of benzene rings is 2. The summed E-state index contributed by atoms with van der Waals surface area (Å²) in [7, 11) is 0. The first kappa shape index (κ1) is 20.4. The van der Waals surface area contributed by atoms with Gasteiger partial charge in [0.05, 0.1) is 25.4 Å². The van der Waals surface area contributed by atoms with Crippen molar-refractivity contribution >= 4 is 46.8 Å². The summed E-state index contributed by atoms with van der Waals surface area (Å²) in [4.78, 5) is 25.6. The van der Waals surface area contributed by atoms with E-state index in [4.69, 9.17) is 28.3 Å². The number of amides is 1. The molecule has 0 spiro atoms. The van der Waals surface area contributed by atoms with E-state index in [9.17, 15) is 19.8 Å². The van der Waals surface area contributed by atoms with Crippen LogP contribution in [0.3, 0.4) is 0 Å². The summed E-state index contributed by atoms with van der Waals surface area (Å²) in [5.41, 5.74) is 0.441. The van der Waals surface area contributed by atoms with Gasteiger partial charge < -0.3 is 20.2 Å². The standard InChI is InChI=1S/C20H17Cl2NO5/c21-14-6-4-13(16(22)8-14)9-23-18-12(5-7-17(26)27)2-1-3-15(18)20(10-24,11-25)19(23)28/h1-8,24-25H,9-11H2,(H,26,27)/b7-5+. The van der Waals surface area contributed by atoms with Gasteiger partial charge in [0.15, 0.2) is 0 Å². The van der Waals surface area contributed by atoms with Crippen LogP contribution in [0.15, 0.2) is 42.5 Å². The molecule has 0 bridgehead atoms. The Bertz CT molecular complexity index is 969. The maximum absolute atomic E-state index is 13.2. The molecule has 2 aromatic rings. The van der Waals surface area contributed by atoms with E-state index in [0.717, 1.165) is 6.08 Å². The van der Waals surface area contributed by atoms with E-state index in [1.807, 2.05) is 0 Å². The molecule has 1 heterocycles. The molecule has 1 amide bonds. The highest BCUT2D eigenvalue weighted by molar-refractivity contribution is 6.35. The fourth-order valence-corrected chi connectivity index (χ4v) is 3.81. The predicted molar refractivity (Wildman–Crippen MR) is 107 cm³/mol. The molecule has 6 nitrogen and oxygen atoms in total. The van der Waals surface area contributed by atoms with Crippen LogP contribution in [-0.2, 0) is 21.5 Å². The van der Waals surface area contributed by atoms with Gasteiger partial charge in [0, 0.05) is 16.1 Å². The summed E-state index contributed by atoms with van der Waals surface area (Å²) in [5.74, 6) is -1.63. The zero-order valence-corrected chi connectivity index (χ0v) is 16.1. The Kier molecular flexibility index (Phi) is 5.76. The van der Waals surface area contributed by atoms with Crippen LogP contribution in [0.5, 0.6) is 0 Å². The van der Waals surface area contributed by atoms with Crippen molar-refractivity contribution in [3.8, 4) is 0 Å². The maximum Gasteiger partial charge on any atom is 0.328 e. The van der Waals surface area contributed by atoms with Crippen LogP contribution < -0.4 is 4.90 Å². The molecule has 2 aromatic carbocycles. The largest absolute Gasteiger partial charge is 0.478 e. The number of nitrogens with zero attached hydrogens (tertiary/aromatic N) is 1. The third-order valence-corrected chi connectivity index (χ3v) is 5.38. The molecule has 0 fully saturated rings. The van der Waals surface area contributed by atoms with Crippen molar-refractivity contribution in [3.05, 3.63) is 69.2 Å². The zero-order valence-electron chi connectivity index (χ0n) is 14.6. The molecule has 3 N–H and O–H groups in total. The molecule has 0 radical (unpaired) electrons. The molecule has 146 valence electrons. The smallest absolute Gasteiger partial charge is 0.328 e. The number of halogens is 2. The van der Waals surface area contributed by atoms with Crippen molar-refractivity contribution in [3.63, 3.8) is 0 Å². The number of rotatable bonds is 6. The first-order valence-corrected chi connectivity index (χ1v) is 9.12. The number of para-hydroxylation sites is 1. The van der Waals surface area contributed by atoms with E-state index in [1.54, 1.807) is 36.4 Å². The third-order valence-electron chi connectivity index (χ3n) is 4.80. The number of carboxylic acid groups (broad SMARTS) is 1. The molecule has 0 aliphatic carbocycles. The molecule has 1 aliphatic heterocycles. The van der Waals surface area contributed by atoms with Crippen molar-refractivity contribution in [1.82, 2.24) is 0 Å². The quantitative estimate of drug-likeness (QED) is 0.622. The second-order valence-electron chi connectivity index (χ2n) is 6.44. The van der Waals surface area contributed by atoms with Gasteiger partial charge in [-0.25, -0.2) is 4.79 Å². The fourth-order valence-electron chi connectivity index (χ4n) is 3.35. The molecule has 28 heavy (non-hydrogen) atoms. The van der Waals surface area contributed by atoms with Crippen molar-refractivity contribution in [2.75, 3.05) is 18.1 Å². The normalized spacial score (nSPS) is 15.3. The van der Waals surface area contributed by atoms with Crippen LogP contribution in [-0.4, -0.2) is 40.4 Å². The number of hydrogen-bond acceptors (Lipinski definition) is 4. The number of aliphatic hydroxyl groups excluding tert-OH is 2. The molecule has 0 saturated carbocycles. The molecule has 1 aliphatic rings. The van der Waals surface area contributed by atoms with Gasteiger partial charge in [-0.3, -0.25) is 4.79 Å². The van der Waals surface area contributed by atoms with Crippen LogP contribution in [0.25, 0.3) is 6.08 Å². The van der Waals surface area contributed by atoms with Gasteiger partial charge in [-0.15, -0.1) is 0 Å². The third kappa shape index (κ3) is 3.40. The lowest BCUT2D eigenvalue weighted by Crippen LogP contribution is -2.45. The van der Waals surface area contributed by atoms with E-state index in [-0.39, 0.29) is 6.54 Å². The number of carbonyl (C=O) groups excluding carboxylic acids is 1. The molecular weight excluding hydrogens is 405 g/mol. The lowest BCUT2D eigenvalue weighted by Gasteiger charge is -2.24. The molecule has 8 heteroatoms. The average Bonchev–Trinajstić information content (AvgIpc) is 2.91. The number of aliphatic carboxylic acids is 1. The lowest BCUT2D eigenvalue weighted by molar-refractivity contribution is -0.131. The maximum atomic E-state index is 13.2. The second-order valence-corrected chi connectivity index (χ2v) is 7.28. The molecular formula is C20H17Cl2NO5. The Morgan fingerprint density at radius 2 is 1.86 bits per heavy atom. The number of carboxylic acids is 1. The summed E-state index contributed by atoms with van der Waals surface area (Å²) in [6.07, 6.45) is 2.33. The van der Waals surface area contributed by atoms with Crippen molar-refractivity contribution in [1.29, 1.82) is 0 Å². The molecule has 0 saturated heterocycles. The number of hydrogen-bond donors (Lipinski definition) is 3. The van der Waals surface area contributed by atoms with Crippen molar-refractivity contribution in [2.24, 2.45) is 0 Å². The predicted octanol–water partition coefficient (Wildman–Crippen LogP) is 2.86. The topological polar surface area (TPSA) is 98.1 Å². The van der Waals surface area contributed by atoms with Crippen LogP contribution in [0.2, 0.25) is 10.0 Å². The number of fused-ring (bicyclic) bond motifs is 1. The molecule has 0 unspecified atom stereocenters. The van der Waals surface area contributed by atoms with E-state index in [0.29, 0.717) is 32.4 Å². The SMILES string of the molecule is O=C(O)/C=C/c1cccc2c1N(Cc1ccc(Cl)cc1Cl)C(=O)C2(CO)CO. The number of anilines is 1. The van der Waals surface area contributed by atoms with Crippen molar-refractivity contribution in [2.45, 2.75) is 12.0 Å². The van der Waals surface area contributed by atoms with E-state index >= 15 is 0 Å². The summed E-state index contributed by atoms with van der Waals surface area (Å²) in [6, 6.07) is 9.83. The minimum atomic E-state index is -1.51. The average molecular weight is 422 g/mol.